The number of hydrogen-bond acceptors (Lipinski definition) is 3. The third-order valence-corrected chi connectivity index (χ3v) is 4.41. The number of aryl methyl sites for hydroxylation is 5. The molecule has 0 bridgehead atoms. The summed E-state index contributed by atoms with van der Waals surface area (Å²) in [5.41, 5.74) is 6.22. The quantitative estimate of drug-likeness (QED) is 0.553. The van der Waals surface area contributed by atoms with E-state index in [1.165, 1.54) is 22.4 Å². The average molecular weight is 403 g/mol. The van der Waals surface area contributed by atoms with Gasteiger partial charge in [-0.3, -0.25) is 14.0 Å². The van der Waals surface area contributed by atoms with Crippen LogP contribution < -0.4 is 0 Å². The van der Waals surface area contributed by atoms with E-state index in [1.807, 2.05) is 80.6 Å². The van der Waals surface area contributed by atoms with E-state index in [4.69, 9.17) is 0 Å². The van der Waals surface area contributed by atoms with Gasteiger partial charge in [-0.1, -0.05) is 27.7 Å². The Labute approximate surface area is 177 Å². The zero-order valence-corrected chi connectivity index (χ0v) is 20.6. The van der Waals surface area contributed by atoms with Crippen molar-refractivity contribution >= 4 is 0 Å². The van der Waals surface area contributed by atoms with E-state index in [0.717, 1.165) is 5.69 Å². The Hall–Kier alpha value is -2.37. The van der Waals surface area contributed by atoms with Crippen molar-refractivity contribution in [1.29, 1.82) is 0 Å². The first-order chi connectivity index (χ1) is 13.5. The van der Waals surface area contributed by atoms with Gasteiger partial charge in [-0.25, -0.2) is 0 Å². The van der Waals surface area contributed by atoms with E-state index in [-0.39, 0.29) is 0 Å². The largest absolute Gasteiger partial charge is 0.275 e. The van der Waals surface area contributed by atoms with Gasteiger partial charge in [-0.05, 0) is 64.2 Å². The van der Waals surface area contributed by atoms with Gasteiger partial charge in [0.05, 0.1) is 18.1 Å². The molecule has 0 unspecified atom stereocenters. The van der Waals surface area contributed by atoms with Crippen LogP contribution in [0.3, 0.4) is 0 Å². The average Bonchev–Trinajstić information content (AvgIpc) is 3.31. The maximum Gasteiger partial charge on any atom is 0.0622 e. The molecule has 3 heterocycles. The van der Waals surface area contributed by atoms with Gasteiger partial charge < -0.3 is 0 Å². The summed E-state index contributed by atoms with van der Waals surface area (Å²) in [4.78, 5) is 0. The molecule has 3 aromatic heterocycles. The second-order valence-electron chi connectivity index (χ2n) is 7.63. The fourth-order valence-electron chi connectivity index (χ4n) is 2.52. The molecule has 6 heteroatoms. The lowest BCUT2D eigenvalue weighted by atomic mass is 10.1. The predicted molar refractivity (Wildman–Crippen MR) is 123 cm³/mol. The van der Waals surface area contributed by atoms with Gasteiger partial charge in [0.1, 0.15) is 0 Å². The topological polar surface area (TPSA) is 53.5 Å². The van der Waals surface area contributed by atoms with Gasteiger partial charge >= 0.3 is 0 Å². The molecule has 29 heavy (non-hydrogen) atoms. The SMILES string of the molecule is CC.Cc1c(C(C)C)cnn1C.Cc1cn(C)nc1C.Cc1cnn(C(C)C)c1. The van der Waals surface area contributed by atoms with Crippen LogP contribution in [0.25, 0.3) is 0 Å². The van der Waals surface area contributed by atoms with Crippen molar-refractivity contribution in [3.8, 4) is 0 Å². The summed E-state index contributed by atoms with van der Waals surface area (Å²) >= 11 is 0. The number of nitrogens with zero attached hydrogens (tertiary/aromatic N) is 6. The maximum absolute atomic E-state index is 4.15. The molecule has 0 N–H and O–H groups in total. The molecule has 0 spiro atoms. The van der Waals surface area contributed by atoms with Gasteiger partial charge in [-0.15, -0.1) is 0 Å². The van der Waals surface area contributed by atoms with Gasteiger partial charge in [0.2, 0.25) is 0 Å². The zero-order chi connectivity index (χ0) is 22.7. The Morgan fingerprint density at radius 3 is 1.59 bits per heavy atom. The molecule has 0 aliphatic heterocycles. The van der Waals surface area contributed by atoms with E-state index in [9.17, 15) is 0 Å². The van der Waals surface area contributed by atoms with Crippen molar-refractivity contribution in [2.24, 2.45) is 14.1 Å². The molecule has 3 aromatic rings. The van der Waals surface area contributed by atoms with Crippen molar-refractivity contribution < 1.29 is 0 Å². The van der Waals surface area contributed by atoms with Gasteiger partial charge in [0, 0.05) is 38.2 Å². The first-order valence-corrected chi connectivity index (χ1v) is 10.5. The summed E-state index contributed by atoms with van der Waals surface area (Å²) in [5.74, 6) is 0.591. The predicted octanol–water partition coefficient (Wildman–Crippen LogP) is 5.69. The summed E-state index contributed by atoms with van der Waals surface area (Å²) in [7, 11) is 3.90. The van der Waals surface area contributed by atoms with Gasteiger partial charge in [0.15, 0.2) is 0 Å². The fraction of sp³-hybridized carbons (Fsp3) is 0.609. The van der Waals surface area contributed by atoms with Crippen LogP contribution in [0.1, 0.15) is 81.6 Å². The minimum Gasteiger partial charge on any atom is -0.275 e. The highest BCUT2D eigenvalue weighted by molar-refractivity contribution is 5.19. The molecule has 0 saturated carbocycles. The smallest absolute Gasteiger partial charge is 0.0622 e. The van der Waals surface area contributed by atoms with Crippen LogP contribution in [0, 0.1) is 27.7 Å². The normalized spacial score (nSPS) is 10.0. The van der Waals surface area contributed by atoms with Crippen molar-refractivity contribution in [3.05, 3.63) is 52.9 Å². The third-order valence-electron chi connectivity index (χ3n) is 4.41. The molecule has 0 aliphatic rings. The highest BCUT2D eigenvalue weighted by atomic mass is 15.3. The Balaban J connectivity index is 0.000000390. The van der Waals surface area contributed by atoms with E-state index < -0.39 is 0 Å². The van der Waals surface area contributed by atoms with Gasteiger partial charge in [-0.2, -0.15) is 15.3 Å². The molecule has 0 atom stereocenters. The van der Waals surface area contributed by atoms with Crippen molar-refractivity contribution in [3.63, 3.8) is 0 Å². The summed E-state index contributed by atoms with van der Waals surface area (Å²) < 4.78 is 5.69. The molecule has 6 nitrogen and oxygen atoms in total. The van der Waals surface area contributed by atoms with Crippen LogP contribution in [-0.2, 0) is 14.1 Å². The minimum atomic E-state index is 0.485. The van der Waals surface area contributed by atoms with E-state index in [0.29, 0.717) is 12.0 Å². The van der Waals surface area contributed by atoms with Crippen LogP contribution in [-0.4, -0.2) is 29.3 Å². The monoisotopic (exact) mass is 402 g/mol. The third kappa shape index (κ3) is 9.11. The number of hydrogen-bond donors (Lipinski definition) is 0. The Kier molecular flexibility index (Phi) is 11.9. The molecular formula is C23H42N6. The summed E-state index contributed by atoms with van der Waals surface area (Å²) in [6.45, 7) is 20.8. The second-order valence-corrected chi connectivity index (χ2v) is 7.63. The second kappa shape index (κ2) is 13.0. The summed E-state index contributed by atoms with van der Waals surface area (Å²) in [5, 5.41) is 12.4. The van der Waals surface area contributed by atoms with E-state index in [2.05, 4.69) is 56.8 Å². The molecule has 3 rings (SSSR count). The first-order valence-electron chi connectivity index (χ1n) is 10.5. The molecular weight excluding hydrogens is 360 g/mol. The lowest BCUT2D eigenvalue weighted by Crippen LogP contribution is -1.99. The molecule has 0 aromatic carbocycles. The minimum absolute atomic E-state index is 0.485. The summed E-state index contributed by atoms with van der Waals surface area (Å²) in [6.07, 6.45) is 7.88. The van der Waals surface area contributed by atoms with E-state index in [1.54, 1.807) is 0 Å². The Bertz CT molecular complexity index is 801. The molecule has 0 amide bonds. The highest BCUT2D eigenvalue weighted by Gasteiger charge is 2.05. The fourth-order valence-corrected chi connectivity index (χ4v) is 2.52. The lowest BCUT2D eigenvalue weighted by molar-refractivity contribution is 0.532. The molecule has 0 radical (unpaired) electrons. The molecule has 0 aliphatic carbocycles. The highest BCUT2D eigenvalue weighted by Crippen LogP contribution is 2.16. The van der Waals surface area contributed by atoms with Crippen LogP contribution in [0.5, 0.6) is 0 Å². The summed E-state index contributed by atoms with van der Waals surface area (Å²) in [6, 6.07) is 0.485. The molecule has 164 valence electrons. The van der Waals surface area contributed by atoms with E-state index >= 15 is 0 Å². The van der Waals surface area contributed by atoms with Crippen molar-refractivity contribution in [2.75, 3.05) is 0 Å². The number of rotatable bonds is 2. The van der Waals surface area contributed by atoms with Crippen LogP contribution in [0.2, 0.25) is 0 Å². The standard InChI is InChI=1S/C8H14N2.C7H12N2.C6H10N2.C2H6/c1-6(2)8-5-9-10(4)7(8)3;1-6(2)9-5-7(3)4-8-9;1-5-4-8(3)7-6(5)2;1-2/h5-6H,1-4H3;4-6H,1-3H3;4H,1-3H3;1-2H3. The van der Waals surface area contributed by atoms with Gasteiger partial charge in [0.25, 0.3) is 0 Å². The molecule has 0 saturated heterocycles. The zero-order valence-electron chi connectivity index (χ0n) is 20.6. The van der Waals surface area contributed by atoms with Crippen LogP contribution >= 0.6 is 0 Å². The Morgan fingerprint density at radius 1 is 0.828 bits per heavy atom. The maximum atomic E-state index is 4.15. The van der Waals surface area contributed by atoms with Crippen LogP contribution in [0.15, 0.2) is 24.8 Å². The molecule has 0 fully saturated rings. The lowest BCUT2D eigenvalue weighted by Gasteiger charge is -2.02. The van der Waals surface area contributed by atoms with Crippen molar-refractivity contribution in [1.82, 2.24) is 29.3 Å². The first kappa shape index (κ1) is 26.6. The Morgan fingerprint density at radius 2 is 1.41 bits per heavy atom. The van der Waals surface area contributed by atoms with Crippen LogP contribution in [0.4, 0.5) is 0 Å². The number of aromatic nitrogens is 6. The van der Waals surface area contributed by atoms with Crippen molar-refractivity contribution in [2.45, 2.75) is 81.2 Å².